The molecule has 2 aliphatic carbocycles. The van der Waals surface area contributed by atoms with E-state index in [1.165, 1.54) is 64.5 Å². The van der Waals surface area contributed by atoms with Crippen LogP contribution in [0.3, 0.4) is 0 Å². The van der Waals surface area contributed by atoms with Crippen LogP contribution in [0.15, 0.2) is 0 Å². The van der Waals surface area contributed by atoms with Gasteiger partial charge in [-0.3, -0.25) is 0 Å². The van der Waals surface area contributed by atoms with Crippen LogP contribution in [0.25, 0.3) is 0 Å². The van der Waals surface area contributed by atoms with Crippen molar-refractivity contribution in [2.45, 2.75) is 62.4 Å². The summed E-state index contributed by atoms with van der Waals surface area (Å²) < 4.78 is 0. The molecular formula is C14H24N2O4. The summed E-state index contributed by atoms with van der Waals surface area (Å²) in [6.07, 6.45) is 12.0. The lowest BCUT2D eigenvalue weighted by Crippen LogP contribution is -3.07. The van der Waals surface area contributed by atoms with Gasteiger partial charge in [-0.1, -0.05) is 0 Å². The van der Waals surface area contributed by atoms with Gasteiger partial charge in [-0.25, -0.2) is 0 Å². The number of carboxylic acids is 2. The zero-order chi connectivity index (χ0) is 14.6. The molecule has 20 heavy (non-hydrogen) atoms. The highest BCUT2D eigenvalue weighted by Crippen LogP contribution is 2.34. The molecule has 0 unspecified atom stereocenters. The normalized spacial score (nSPS) is 26.2. The minimum absolute atomic E-state index is 0.819. The first-order valence-electron chi connectivity index (χ1n) is 7.58. The summed E-state index contributed by atoms with van der Waals surface area (Å²) in [6.45, 7) is 2.81. The zero-order valence-electron chi connectivity index (χ0n) is 11.9. The van der Waals surface area contributed by atoms with Crippen molar-refractivity contribution in [1.82, 2.24) is 0 Å². The standard InChI is InChI=1S/2C6H11N.C2H2O4/c2*1-2-6(3-1)4-5-7-6;3-1(4)2(5)6/h2*7H,1-5H2;(H,3,4)(H,5,6). The average Bonchev–Trinajstić information content (AvgIpc) is 2.08. The molecule has 0 atom stereocenters. The monoisotopic (exact) mass is 284 g/mol. The molecule has 0 bridgehead atoms. The Morgan fingerprint density at radius 3 is 1.00 bits per heavy atom. The number of carbonyl (C=O) groups is 2. The smallest absolute Gasteiger partial charge is 0.102 e. The molecule has 6 nitrogen and oxygen atoms in total. The second kappa shape index (κ2) is 6.10. The van der Waals surface area contributed by atoms with E-state index in [1.807, 2.05) is 0 Å². The van der Waals surface area contributed by atoms with Crippen molar-refractivity contribution in [3.63, 3.8) is 0 Å². The lowest BCUT2D eigenvalue weighted by Gasteiger charge is -2.45. The number of rotatable bonds is 0. The molecule has 0 amide bonds. The first-order chi connectivity index (χ1) is 9.47. The van der Waals surface area contributed by atoms with E-state index in [1.54, 1.807) is 0 Å². The molecule has 0 aromatic carbocycles. The van der Waals surface area contributed by atoms with E-state index in [9.17, 15) is 0 Å². The number of quaternary nitrogens is 2. The van der Waals surface area contributed by atoms with Crippen LogP contribution in [0, 0.1) is 0 Å². The maximum Gasteiger partial charge on any atom is 0.102 e. The third-order valence-electron chi connectivity index (χ3n) is 5.30. The first kappa shape index (κ1) is 15.3. The summed E-state index contributed by atoms with van der Waals surface area (Å²) in [4.78, 5) is 17.9. The summed E-state index contributed by atoms with van der Waals surface area (Å²) in [5, 5.41) is 22.9. The lowest BCUT2D eigenvalue weighted by molar-refractivity contribution is -0.795. The molecule has 2 saturated carbocycles. The first-order valence-corrected chi connectivity index (χ1v) is 7.58. The Morgan fingerprint density at radius 1 is 0.700 bits per heavy atom. The third-order valence-corrected chi connectivity index (χ3v) is 5.30. The predicted molar refractivity (Wildman–Crippen MR) is 66.0 cm³/mol. The molecule has 4 aliphatic rings. The minimum atomic E-state index is -2.19. The third kappa shape index (κ3) is 3.49. The molecule has 6 heteroatoms. The molecular weight excluding hydrogens is 260 g/mol. The number of hydrogen-bond acceptors (Lipinski definition) is 4. The van der Waals surface area contributed by atoms with Crippen molar-refractivity contribution >= 4 is 11.9 Å². The average molecular weight is 284 g/mol. The maximum absolute atomic E-state index is 8.93. The van der Waals surface area contributed by atoms with E-state index < -0.39 is 11.9 Å². The molecule has 2 aliphatic heterocycles. The highest BCUT2D eigenvalue weighted by atomic mass is 16.4. The van der Waals surface area contributed by atoms with Crippen LogP contribution in [0.4, 0.5) is 0 Å². The second-order valence-electron chi connectivity index (χ2n) is 6.49. The molecule has 4 rings (SSSR count). The quantitative estimate of drug-likeness (QED) is 0.445. The Bertz CT molecular complexity index is 300. The molecule has 4 fully saturated rings. The molecule has 2 heterocycles. The van der Waals surface area contributed by atoms with Crippen molar-refractivity contribution in [1.29, 1.82) is 0 Å². The largest absolute Gasteiger partial charge is 0.543 e. The van der Waals surface area contributed by atoms with E-state index in [4.69, 9.17) is 19.8 Å². The van der Waals surface area contributed by atoms with Crippen LogP contribution in [0.5, 0.6) is 0 Å². The lowest BCUT2D eigenvalue weighted by atomic mass is 9.70. The van der Waals surface area contributed by atoms with Crippen molar-refractivity contribution in [3.8, 4) is 0 Å². The SMILES string of the molecule is C1CC2(C1)CC[NH2+]2.C1CC2(C1)CC[NH2+]2.O=C([O-])C(=O)[O-]. The van der Waals surface area contributed by atoms with Gasteiger partial charge >= 0.3 is 0 Å². The summed E-state index contributed by atoms with van der Waals surface area (Å²) in [5.41, 5.74) is 1.64. The zero-order valence-corrected chi connectivity index (χ0v) is 11.9. The Kier molecular flexibility index (Phi) is 4.65. The minimum Gasteiger partial charge on any atom is -0.543 e. The Hall–Kier alpha value is -1.14. The fourth-order valence-electron chi connectivity index (χ4n) is 3.28. The van der Waals surface area contributed by atoms with Crippen molar-refractivity contribution in [2.75, 3.05) is 13.1 Å². The van der Waals surface area contributed by atoms with E-state index in [0.29, 0.717) is 0 Å². The van der Waals surface area contributed by atoms with Gasteiger partial charge in [0.05, 0.1) is 37.9 Å². The molecule has 0 radical (unpaired) electrons. The summed E-state index contributed by atoms with van der Waals surface area (Å²) in [6, 6.07) is 0. The van der Waals surface area contributed by atoms with Gasteiger partial charge < -0.3 is 30.4 Å². The Morgan fingerprint density at radius 2 is 1.00 bits per heavy atom. The highest BCUT2D eigenvalue weighted by Gasteiger charge is 2.47. The molecule has 114 valence electrons. The number of carbonyl (C=O) groups excluding carboxylic acids is 2. The van der Waals surface area contributed by atoms with Crippen molar-refractivity contribution < 1.29 is 30.4 Å². The van der Waals surface area contributed by atoms with Gasteiger partial charge in [0, 0.05) is 25.7 Å². The molecule has 2 spiro atoms. The topological polar surface area (TPSA) is 113 Å². The summed E-state index contributed by atoms with van der Waals surface area (Å²) in [7, 11) is 0. The van der Waals surface area contributed by atoms with E-state index in [2.05, 4.69) is 10.6 Å². The van der Waals surface area contributed by atoms with Gasteiger partial charge in [-0.05, 0) is 12.8 Å². The van der Waals surface area contributed by atoms with E-state index in [0.717, 1.165) is 11.1 Å². The van der Waals surface area contributed by atoms with Gasteiger partial charge in [0.25, 0.3) is 0 Å². The van der Waals surface area contributed by atoms with Gasteiger partial charge in [0.2, 0.25) is 0 Å². The summed E-state index contributed by atoms with van der Waals surface area (Å²) >= 11 is 0. The maximum atomic E-state index is 8.93. The van der Waals surface area contributed by atoms with Crippen molar-refractivity contribution in [3.05, 3.63) is 0 Å². The number of aliphatic carboxylic acids is 2. The van der Waals surface area contributed by atoms with Gasteiger partial charge in [0.1, 0.15) is 11.1 Å². The highest BCUT2D eigenvalue weighted by molar-refractivity contribution is 6.25. The fourth-order valence-corrected chi connectivity index (χ4v) is 3.28. The Balaban J connectivity index is 0.000000111. The van der Waals surface area contributed by atoms with Crippen molar-refractivity contribution in [2.24, 2.45) is 0 Å². The fraction of sp³-hybridized carbons (Fsp3) is 0.857. The Labute approximate surface area is 118 Å². The van der Waals surface area contributed by atoms with Gasteiger partial charge in [0.15, 0.2) is 0 Å². The van der Waals surface area contributed by atoms with Crippen LogP contribution in [-0.4, -0.2) is 36.1 Å². The van der Waals surface area contributed by atoms with Crippen LogP contribution in [0.2, 0.25) is 0 Å². The molecule has 2 saturated heterocycles. The number of carboxylic acid groups (broad SMARTS) is 2. The van der Waals surface area contributed by atoms with Crippen LogP contribution < -0.4 is 20.8 Å². The van der Waals surface area contributed by atoms with E-state index >= 15 is 0 Å². The molecule has 0 aromatic rings. The van der Waals surface area contributed by atoms with Crippen LogP contribution >= 0.6 is 0 Å². The van der Waals surface area contributed by atoms with Crippen LogP contribution in [-0.2, 0) is 9.59 Å². The predicted octanol–water partition coefficient (Wildman–Crippen LogP) is -3.76. The van der Waals surface area contributed by atoms with E-state index in [-0.39, 0.29) is 0 Å². The molecule has 0 aromatic heterocycles. The number of nitrogens with two attached hydrogens (primary N) is 2. The van der Waals surface area contributed by atoms with Gasteiger partial charge in [-0.15, -0.1) is 0 Å². The molecule has 4 N–H and O–H groups in total. The number of hydrogen-bond donors (Lipinski definition) is 2. The second-order valence-corrected chi connectivity index (χ2v) is 6.49. The summed E-state index contributed by atoms with van der Waals surface area (Å²) in [5.74, 6) is -4.37. The van der Waals surface area contributed by atoms with Crippen LogP contribution in [0.1, 0.15) is 51.4 Å². The van der Waals surface area contributed by atoms with Gasteiger partial charge in [-0.2, -0.15) is 0 Å².